The standard InChI is InChI=1S/C18H22N4O4/c1-18(2,3)25-17(24)20-13-8-6-12(7-9-13)16(23)19-10-14-21-15(22-26-14)11-4-5-11/h6-9,11H,4-5,10H2,1-3H3,(H,19,23)(H,20,24). The quantitative estimate of drug-likeness (QED) is 0.850. The van der Waals surface area contributed by atoms with Gasteiger partial charge in [-0.05, 0) is 57.9 Å². The molecule has 2 N–H and O–H groups in total. The monoisotopic (exact) mass is 358 g/mol. The molecule has 0 saturated heterocycles. The van der Waals surface area contributed by atoms with Gasteiger partial charge in [0.2, 0.25) is 5.89 Å². The second kappa shape index (κ2) is 7.15. The van der Waals surface area contributed by atoms with Crippen molar-refractivity contribution >= 4 is 17.7 Å². The van der Waals surface area contributed by atoms with Crippen molar-refractivity contribution in [3.8, 4) is 0 Å². The summed E-state index contributed by atoms with van der Waals surface area (Å²) in [4.78, 5) is 28.2. The topological polar surface area (TPSA) is 106 Å². The molecule has 1 aliphatic rings. The maximum atomic E-state index is 12.2. The van der Waals surface area contributed by atoms with Crippen molar-refractivity contribution < 1.29 is 18.8 Å². The minimum Gasteiger partial charge on any atom is -0.444 e. The van der Waals surface area contributed by atoms with E-state index in [-0.39, 0.29) is 12.5 Å². The molecule has 0 unspecified atom stereocenters. The largest absolute Gasteiger partial charge is 0.444 e. The zero-order valence-electron chi connectivity index (χ0n) is 15.0. The molecule has 2 aromatic rings. The molecule has 1 aromatic carbocycles. The molecule has 0 spiro atoms. The van der Waals surface area contributed by atoms with Crippen LogP contribution in [0.3, 0.4) is 0 Å². The normalized spacial score (nSPS) is 14.0. The van der Waals surface area contributed by atoms with Gasteiger partial charge in [0.15, 0.2) is 5.82 Å². The van der Waals surface area contributed by atoms with E-state index >= 15 is 0 Å². The SMILES string of the molecule is CC(C)(C)OC(=O)Nc1ccc(C(=O)NCc2nc(C3CC3)no2)cc1. The van der Waals surface area contributed by atoms with Crippen molar-refractivity contribution in [2.45, 2.75) is 51.7 Å². The van der Waals surface area contributed by atoms with Crippen molar-refractivity contribution in [3.63, 3.8) is 0 Å². The Kier molecular flexibility index (Phi) is 4.92. The van der Waals surface area contributed by atoms with Crippen molar-refractivity contribution in [3.05, 3.63) is 41.5 Å². The van der Waals surface area contributed by atoms with E-state index in [1.807, 2.05) is 0 Å². The molecule has 8 nitrogen and oxygen atoms in total. The summed E-state index contributed by atoms with van der Waals surface area (Å²) in [5, 5.41) is 9.25. The van der Waals surface area contributed by atoms with Crippen molar-refractivity contribution in [1.82, 2.24) is 15.5 Å². The Morgan fingerprint density at radius 3 is 2.54 bits per heavy atom. The highest BCUT2D eigenvalue weighted by molar-refractivity contribution is 5.95. The number of nitrogens with one attached hydrogen (secondary N) is 2. The van der Waals surface area contributed by atoms with Crippen LogP contribution in [0.5, 0.6) is 0 Å². The molecular weight excluding hydrogens is 336 g/mol. The van der Waals surface area contributed by atoms with Gasteiger partial charge in [0.1, 0.15) is 5.60 Å². The number of rotatable bonds is 5. The van der Waals surface area contributed by atoms with Gasteiger partial charge in [-0.1, -0.05) is 5.16 Å². The highest BCUT2D eigenvalue weighted by Crippen LogP contribution is 2.38. The molecule has 1 fully saturated rings. The van der Waals surface area contributed by atoms with Crippen LogP contribution >= 0.6 is 0 Å². The lowest BCUT2D eigenvalue weighted by atomic mass is 10.2. The summed E-state index contributed by atoms with van der Waals surface area (Å²) in [6, 6.07) is 6.50. The average Bonchev–Trinajstić information content (AvgIpc) is 3.30. The van der Waals surface area contributed by atoms with Gasteiger partial charge < -0.3 is 14.6 Å². The zero-order valence-corrected chi connectivity index (χ0v) is 15.0. The number of carbonyl (C=O) groups excluding carboxylic acids is 2. The maximum Gasteiger partial charge on any atom is 0.412 e. The molecule has 0 atom stereocenters. The number of aromatic nitrogens is 2. The van der Waals surface area contributed by atoms with Crippen molar-refractivity contribution in [1.29, 1.82) is 0 Å². The molecule has 1 aliphatic carbocycles. The summed E-state index contributed by atoms with van der Waals surface area (Å²) >= 11 is 0. The minimum atomic E-state index is -0.571. The summed E-state index contributed by atoms with van der Waals surface area (Å²) in [5.74, 6) is 1.25. The maximum absolute atomic E-state index is 12.2. The van der Waals surface area contributed by atoms with E-state index < -0.39 is 11.7 Å². The lowest BCUT2D eigenvalue weighted by Gasteiger charge is -2.19. The fourth-order valence-electron chi connectivity index (χ4n) is 2.23. The number of ether oxygens (including phenoxy) is 1. The minimum absolute atomic E-state index is 0.177. The molecule has 1 heterocycles. The van der Waals surface area contributed by atoms with E-state index in [4.69, 9.17) is 9.26 Å². The molecule has 1 saturated carbocycles. The summed E-state index contributed by atoms with van der Waals surface area (Å²) in [6.07, 6.45) is 1.64. The third kappa shape index (κ3) is 5.05. The van der Waals surface area contributed by atoms with E-state index in [1.54, 1.807) is 45.0 Å². The second-order valence-electron chi connectivity index (χ2n) is 7.21. The number of hydrogen-bond acceptors (Lipinski definition) is 6. The molecule has 8 heteroatoms. The lowest BCUT2D eigenvalue weighted by molar-refractivity contribution is 0.0635. The van der Waals surface area contributed by atoms with E-state index in [1.165, 1.54) is 0 Å². The van der Waals surface area contributed by atoms with Crippen molar-refractivity contribution in [2.75, 3.05) is 5.32 Å². The molecule has 1 aromatic heterocycles. The molecule has 0 aliphatic heterocycles. The number of carbonyl (C=O) groups is 2. The van der Waals surface area contributed by atoms with Crippen LogP contribution in [0, 0.1) is 0 Å². The smallest absolute Gasteiger partial charge is 0.412 e. The van der Waals surface area contributed by atoms with Gasteiger partial charge in [0, 0.05) is 17.2 Å². The van der Waals surface area contributed by atoms with Crippen LogP contribution in [0.2, 0.25) is 0 Å². The van der Waals surface area contributed by atoms with Gasteiger partial charge in [-0.15, -0.1) is 0 Å². The third-order valence-corrected chi connectivity index (χ3v) is 3.62. The fraction of sp³-hybridized carbons (Fsp3) is 0.444. The Balaban J connectivity index is 1.50. The first kappa shape index (κ1) is 17.9. The molecule has 138 valence electrons. The molecule has 0 radical (unpaired) electrons. The molecule has 2 amide bonds. The van der Waals surface area contributed by atoms with Gasteiger partial charge in [-0.3, -0.25) is 10.1 Å². The number of nitrogens with zero attached hydrogens (tertiary/aromatic N) is 2. The fourth-order valence-corrected chi connectivity index (χ4v) is 2.23. The van der Waals surface area contributed by atoms with E-state index in [0.29, 0.717) is 28.9 Å². The van der Waals surface area contributed by atoms with Crippen molar-refractivity contribution in [2.24, 2.45) is 0 Å². The summed E-state index contributed by atoms with van der Waals surface area (Å²) in [5.41, 5.74) is 0.432. The van der Waals surface area contributed by atoms with Crippen LogP contribution in [0.4, 0.5) is 10.5 Å². The Hall–Kier alpha value is -2.90. The third-order valence-electron chi connectivity index (χ3n) is 3.62. The molecule has 0 bridgehead atoms. The van der Waals surface area contributed by atoms with Gasteiger partial charge in [0.05, 0.1) is 6.54 Å². The first-order valence-electron chi connectivity index (χ1n) is 8.51. The number of benzene rings is 1. The summed E-state index contributed by atoms with van der Waals surface area (Å²) in [6.45, 7) is 5.54. The van der Waals surface area contributed by atoms with Crippen LogP contribution < -0.4 is 10.6 Å². The Labute approximate surface area is 151 Å². The Morgan fingerprint density at radius 1 is 1.23 bits per heavy atom. The summed E-state index contributed by atoms with van der Waals surface area (Å²) in [7, 11) is 0. The first-order valence-corrected chi connectivity index (χ1v) is 8.51. The van der Waals surface area contributed by atoms with Crippen LogP contribution in [0.1, 0.15) is 61.6 Å². The van der Waals surface area contributed by atoms with Crippen LogP contribution in [0.25, 0.3) is 0 Å². The van der Waals surface area contributed by atoms with Gasteiger partial charge in [0.25, 0.3) is 5.91 Å². The number of anilines is 1. The van der Waals surface area contributed by atoms with Gasteiger partial charge in [-0.2, -0.15) is 4.98 Å². The van der Waals surface area contributed by atoms with Crippen LogP contribution in [0.15, 0.2) is 28.8 Å². The highest BCUT2D eigenvalue weighted by atomic mass is 16.6. The Bertz CT molecular complexity index is 788. The molecular formula is C18H22N4O4. The predicted molar refractivity (Wildman–Crippen MR) is 93.7 cm³/mol. The Morgan fingerprint density at radius 2 is 1.92 bits per heavy atom. The number of hydrogen-bond donors (Lipinski definition) is 2. The molecule has 3 rings (SSSR count). The number of amides is 2. The van der Waals surface area contributed by atoms with Gasteiger partial charge in [-0.25, -0.2) is 4.79 Å². The lowest BCUT2D eigenvalue weighted by Crippen LogP contribution is -2.27. The van der Waals surface area contributed by atoms with Gasteiger partial charge >= 0.3 is 6.09 Å². The first-order chi connectivity index (χ1) is 12.3. The predicted octanol–water partition coefficient (Wildman–Crippen LogP) is 3.22. The highest BCUT2D eigenvalue weighted by Gasteiger charge is 2.28. The van der Waals surface area contributed by atoms with E-state index in [0.717, 1.165) is 12.8 Å². The van der Waals surface area contributed by atoms with Crippen LogP contribution in [-0.2, 0) is 11.3 Å². The summed E-state index contributed by atoms with van der Waals surface area (Å²) < 4.78 is 10.3. The second-order valence-corrected chi connectivity index (χ2v) is 7.21. The van der Waals surface area contributed by atoms with E-state index in [9.17, 15) is 9.59 Å². The average molecular weight is 358 g/mol. The van der Waals surface area contributed by atoms with Crippen LogP contribution in [-0.4, -0.2) is 27.7 Å². The zero-order chi connectivity index (χ0) is 18.7. The van der Waals surface area contributed by atoms with E-state index in [2.05, 4.69) is 20.8 Å². The molecule has 26 heavy (non-hydrogen) atoms.